The smallest absolute Gasteiger partial charge is 0.204 e. The number of azo groups is 1. The van der Waals surface area contributed by atoms with Crippen LogP contribution in [0.5, 0.6) is 0 Å². The number of amides is 1. The van der Waals surface area contributed by atoms with Crippen molar-refractivity contribution in [2.45, 2.75) is 142 Å². The summed E-state index contributed by atoms with van der Waals surface area (Å²) in [5.74, 6) is 0. The van der Waals surface area contributed by atoms with E-state index in [1.807, 2.05) is 0 Å². The van der Waals surface area contributed by atoms with E-state index in [9.17, 15) is 0 Å². The van der Waals surface area contributed by atoms with Crippen LogP contribution in [0.15, 0.2) is 10.2 Å². The molecule has 0 aliphatic rings. The van der Waals surface area contributed by atoms with E-state index in [-0.39, 0.29) is 6.41 Å². The molecular weight excluding hydrogens is 358 g/mol. The Bertz CT molecular complexity index is 282. The van der Waals surface area contributed by atoms with Gasteiger partial charge in [-0.3, -0.25) is 4.79 Å². The van der Waals surface area contributed by atoms with E-state index in [2.05, 4.69) is 29.8 Å². The first kappa shape index (κ1) is 30.3. The van der Waals surface area contributed by atoms with E-state index in [0.717, 1.165) is 13.1 Å². The van der Waals surface area contributed by atoms with E-state index >= 15 is 0 Å². The summed E-state index contributed by atoms with van der Waals surface area (Å²) in [5.41, 5.74) is 4.17. The molecule has 0 aromatic carbocycles. The maximum atomic E-state index is 8.58. The van der Waals surface area contributed by atoms with Gasteiger partial charge in [-0.15, -0.1) is 0 Å². The zero-order chi connectivity index (χ0) is 21.7. The Morgan fingerprint density at radius 1 is 0.483 bits per heavy atom. The van der Waals surface area contributed by atoms with E-state index in [1.165, 1.54) is 128 Å². The molecule has 0 atom stereocenters. The zero-order valence-corrected chi connectivity index (χ0v) is 20.0. The lowest BCUT2D eigenvalue weighted by Gasteiger charge is -2.01. The molecule has 4 nitrogen and oxygen atoms in total. The molecule has 0 heterocycles. The van der Waals surface area contributed by atoms with E-state index in [1.54, 1.807) is 0 Å². The fourth-order valence-electron chi connectivity index (χ4n) is 3.48. The van der Waals surface area contributed by atoms with Gasteiger partial charge in [-0.2, -0.15) is 10.2 Å². The van der Waals surface area contributed by atoms with Crippen molar-refractivity contribution in [3.63, 3.8) is 0 Å². The van der Waals surface area contributed by atoms with Crippen molar-refractivity contribution in [1.82, 2.24) is 0 Å². The Labute approximate surface area is 182 Å². The van der Waals surface area contributed by atoms with E-state index in [0.29, 0.717) is 0 Å². The lowest BCUT2D eigenvalue weighted by molar-refractivity contribution is -0.106. The van der Waals surface area contributed by atoms with Crippen LogP contribution in [-0.2, 0) is 4.79 Å². The molecule has 0 fully saturated rings. The SMILES string of the molecule is CCCCCCCCCCCCN=NCCCCCCCCCCCC.NC=O. The summed E-state index contributed by atoms with van der Waals surface area (Å²) in [5, 5.41) is 8.68. The number of hydrogen-bond donors (Lipinski definition) is 1. The van der Waals surface area contributed by atoms with Crippen LogP contribution in [0, 0.1) is 0 Å². The average Bonchev–Trinajstić information content (AvgIpc) is 2.72. The second-order valence-electron chi connectivity index (χ2n) is 8.23. The summed E-state index contributed by atoms with van der Waals surface area (Å²) in [4.78, 5) is 8.58. The second-order valence-corrected chi connectivity index (χ2v) is 8.23. The van der Waals surface area contributed by atoms with Gasteiger partial charge in [0, 0.05) is 0 Å². The fourth-order valence-corrected chi connectivity index (χ4v) is 3.48. The van der Waals surface area contributed by atoms with Crippen LogP contribution in [-0.4, -0.2) is 19.5 Å². The molecule has 0 aromatic rings. The zero-order valence-electron chi connectivity index (χ0n) is 20.0. The molecular formula is C25H53N3O. The topological polar surface area (TPSA) is 67.8 Å². The van der Waals surface area contributed by atoms with Crippen LogP contribution in [0.2, 0.25) is 0 Å². The van der Waals surface area contributed by atoms with E-state index < -0.39 is 0 Å². The highest BCUT2D eigenvalue weighted by atomic mass is 16.1. The fraction of sp³-hybridized carbons (Fsp3) is 0.960. The number of nitrogens with two attached hydrogens (primary N) is 1. The van der Waals surface area contributed by atoms with Crippen molar-refractivity contribution in [1.29, 1.82) is 0 Å². The van der Waals surface area contributed by atoms with Crippen molar-refractivity contribution in [2.24, 2.45) is 16.0 Å². The quantitative estimate of drug-likeness (QED) is 0.108. The summed E-state index contributed by atoms with van der Waals surface area (Å²) in [6, 6.07) is 0. The van der Waals surface area contributed by atoms with Crippen LogP contribution < -0.4 is 5.73 Å². The van der Waals surface area contributed by atoms with Crippen molar-refractivity contribution in [3.8, 4) is 0 Å². The third kappa shape index (κ3) is 34.9. The Balaban J connectivity index is 0. The molecule has 29 heavy (non-hydrogen) atoms. The predicted octanol–water partition coefficient (Wildman–Crippen LogP) is 8.38. The van der Waals surface area contributed by atoms with Gasteiger partial charge in [-0.25, -0.2) is 0 Å². The molecule has 0 aliphatic heterocycles. The minimum absolute atomic E-state index is 0.250. The predicted molar refractivity (Wildman–Crippen MR) is 129 cm³/mol. The maximum Gasteiger partial charge on any atom is 0.204 e. The van der Waals surface area contributed by atoms with Crippen molar-refractivity contribution in [2.75, 3.05) is 13.1 Å². The highest BCUT2D eigenvalue weighted by Gasteiger charge is 1.93. The number of unbranched alkanes of at least 4 members (excludes halogenated alkanes) is 18. The van der Waals surface area contributed by atoms with Gasteiger partial charge in [0.25, 0.3) is 0 Å². The molecule has 0 radical (unpaired) electrons. The molecule has 0 aliphatic carbocycles. The van der Waals surface area contributed by atoms with Crippen molar-refractivity contribution in [3.05, 3.63) is 0 Å². The molecule has 0 saturated heterocycles. The Morgan fingerprint density at radius 2 is 0.690 bits per heavy atom. The van der Waals surface area contributed by atoms with Crippen LogP contribution in [0.25, 0.3) is 0 Å². The first-order valence-electron chi connectivity index (χ1n) is 12.8. The van der Waals surface area contributed by atoms with Crippen molar-refractivity contribution < 1.29 is 4.79 Å². The Morgan fingerprint density at radius 3 is 0.931 bits per heavy atom. The molecule has 0 bridgehead atoms. The molecule has 4 heteroatoms. The maximum absolute atomic E-state index is 8.58. The monoisotopic (exact) mass is 411 g/mol. The minimum Gasteiger partial charge on any atom is -0.372 e. The highest BCUT2D eigenvalue weighted by molar-refractivity contribution is 5.42. The van der Waals surface area contributed by atoms with Crippen LogP contribution in [0.1, 0.15) is 142 Å². The first-order valence-corrected chi connectivity index (χ1v) is 12.8. The molecule has 174 valence electrons. The number of nitrogens with zero attached hydrogens (tertiary/aromatic N) is 2. The van der Waals surface area contributed by atoms with Gasteiger partial charge >= 0.3 is 0 Å². The lowest BCUT2D eigenvalue weighted by Crippen LogP contribution is -1.86. The summed E-state index contributed by atoms with van der Waals surface area (Å²) in [6.07, 6.45) is 28.1. The third-order valence-electron chi connectivity index (χ3n) is 5.32. The summed E-state index contributed by atoms with van der Waals surface area (Å²) < 4.78 is 0. The number of carbonyl (C=O) groups excluding carboxylic acids is 1. The van der Waals surface area contributed by atoms with Crippen LogP contribution >= 0.6 is 0 Å². The van der Waals surface area contributed by atoms with Crippen LogP contribution in [0.4, 0.5) is 0 Å². The molecule has 0 unspecified atom stereocenters. The van der Waals surface area contributed by atoms with Gasteiger partial charge in [0.2, 0.25) is 6.41 Å². The lowest BCUT2D eigenvalue weighted by atomic mass is 10.1. The standard InChI is InChI=1S/C24H50N2.CH3NO/c1-3-5-7-9-11-13-15-17-19-21-23-25-26-24-22-20-18-16-14-12-10-8-6-4-2;2-1-3/h3-24H2,1-2H3;1H,(H2,2,3). The minimum atomic E-state index is 0.250. The summed E-state index contributed by atoms with van der Waals surface area (Å²) >= 11 is 0. The number of carbonyl (C=O) groups is 1. The Kier molecular flexibility index (Phi) is 33.1. The van der Waals surface area contributed by atoms with Gasteiger partial charge in [0.05, 0.1) is 13.1 Å². The van der Waals surface area contributed by atoms with Crippen molar-refractivity contribution >= 4 is 6.41 Å². The first-order chi connectivity index (χ1) is 14.3. The van der Waals surface area contributed by atoms with Gasteiger partial charge in [0.15, 0.2) is 0 Å². The second kappa shape index (κ2) is 31.8. The molecule has 0 saturated carbocycles. The van der Waals surface area contributed by atoms with Gasteiger partial charge in [-0.1, -0.05) is 129 Å². The molecule has 0 spiro atoms. The third-order valence-corrected chi connectivity index (χ3v) is 5.32. The van der Waals surface area contributed by atoms with Crippen LogP contribution in [0.3, 0.4) is 0 Å². The number of rotatable bonds is 22. The molecule has 2 N–H and O–H groups in total. The number of hydrogen-bond acceptors (Lipinski definition) is 3. The highest BCUT2D eigenvalue weighted by Crippen LogP contribution is 2.11. The van der Waals surface area contributed by atoms with Gasteiger partial charge < -0.3 is 5.73 Å². The largest absolute Gasteiger partial charge is 0.372 e. The number of primary amides is 1. The van der Waals surface area contributed by atoms with E-state index in [4.69, 9.17) is 4.79 Å². The molecule has 0 rings (SSSR count). The summed E-state index contributed by atoms with van der Waals surface area (Å²) in [7, 11) is 0. The molecule has 0 aromatic heterocycles. The normalized spacial score (nSPS) is 10.8. The molecule has 1 amide bonds. The average molecular weight is 412 g/mol. The summed E-state index contributed by atoms with van der Waals surface area (Å²) in [6.45, 7) is 6.48. The Hall–Kier alpha value is -0.930. The van der Waals surface area contributed by atoms with Gasteiger partial charge in [-0.05, 0) is 12.8 Å². The van der Waals surface area contributed by atoms with Gasteiger partial charge in [0.1, 0.15) is 0 Å².